The Labute approximate surface area is 153 Å². The average Bonchev–Trinajstić information content (AvgIpc) is 2.70. The standard InChI is InChI=1S/C23H19NS/c24-17-19-11-13-20(14-12-19)18-25-16-15-23(21-7-3-1-4-8-21)22-9-5-2-6-10-22/h1-15H,16,18H2. The number of nitrogens with zero attached hydrogens (tertiary/aromatic N) is 1. The minimum absolute atomic E-state index is 0.712. The molecule has 2 heteroatoms. The molecule has 0 aliphatic rings. The van der Waals surface area contributed by atoms with E-state index in [2.05, 4.69) is 60.7 Å². The highest BCUT2D eigenvalue weighted by atomic mass is 32.2. The highest BCUT2D eigenvalue weighted by molar-refractivity contribution is 7.98. The van der Waals surface area contributed by atoms with Crippen molar-refractivity contribution in [3.63, 3.8) is 0 Å². The molecular formula is C23H19NS. The maximum absolute atomic E-state index is 8.86. The number of hydrogen-bond donors (Lipinski definition) is 0. The SMILES string of the molecule is N#Cc1ccc(CSCC=C(c2ccccc2)c2ccccc2)cc1. The monoisotopic (exact) mass is 341 g/mol. The van der Waals surface area contributed by atoms with Crippen molar-refractivity contribution in [2.75, 3.05) is 5.75 Å². The lowest BCUT2D eigenvalue weighted by molar-refractivity contribution is 1.39. The first kappa shape index (κ1) is 17.1. The van der Waals surface area contributed by atoms with Crippen LogP contribution in [0.15, 0.2) is 91.0 Å². The number of nitriles is 1. The maximum atomic E-state index is 8.86. The molecule has 1 nitrogen and oxygen atoms in total. The van der Waals surface area contributed by atoms with Crippen molar-refractivity contribution in [3.05, 3.63) is 113 Å². The van der Waals surface area contributed by atoms with Crippen molar-refractivity contribution >= 4 is 17.3 Å². The van der Waals surface area contributed by atoms with Crippen LogP contribution in [0.3, 0.4) is 0 Å². The van der Waals surface area contributed by atoms with Crippen LogP contribution in [-0.2, 0) is 5.75 Å². The second-order valence-electron chi connectivity index (χ2n) is 5.67. The fraction of sp³-hybridized carbons (Fsp3) is 0.0870. The van der Waals surface area contributed by atoms with Crippen LogP contribution < -0.4 is 0 Å². The molecule has 0 saturated carbocycles. The highest BCUT2D eigenvalue weighted by Crippen LogP contribution is 2.24. The zero-order valence-corrected chi connectivity index (χ0v) is 14.7. The second-order valence-corrected chi connectivity index (χ2v) is 6.70. The summed E-state index contributed by atoms with van der Waals surface area (Å²) in [6, 6.07) is 31.0. The summed E-state index contributed by atoms with van der Waals surface area (Å²) in [4.78, 5) is 0. The first-order valence-electron chi connectivity index (χ1n) is 8.24. The molecule has 3 rings (SSSR count). The molecule has 122 valence electrons. The summed E-state index contributed by atoms with van der Waals surface area (Å²) in [7, 11) is 0. The van der Waals surface area contributed by atoms with Crippen LogP contribution in [0.4, 0.5) is 0 Å². The van der Waals surface area contributed by atoms with Gasteiger partial charge in [0.1, 0.15) is 0 Å². The third-order valence-electron chi connectivity index (χ3n) is 3.93. The summed E-state index contributed by atoms with van der Waals surface area (Å²) in [5.74, 6) is 1.89. The third kappa shape index (κ3) is 4.86. The van der Waals surface area contributed by atoms with E-state index in [9.17, 15) is 0 Å². The van der Waals surface area contributed by atoms with Crippen molar-refractivity contribution in [1.82, 2.24) is 0 Å². The van der Waals surface area contributed by atoms with Crippen molar-refractivity contribution in [3.8, 4) is 6.07 Å². The molecule has 0 aliphatic carbocycles. The van der Waals surface area contributed by atoms with Gasteiger partial charge in [0.25, 0.3) is 0 Å². The smallest absolute Gasteiger partial charge is 0.0991 e. The van der Waals surface area contributed by atoms with E-state index in [1.54, 1.807) is 0 Å². The van der Waals surface area contributed by atoms with Gasteiger partial charge in [-0.05, 0) is 34.4 Å². The predicted molar refractivity (Wildman–Crippen MR) is 107 cm³/mol. The van der Waals surface area contributed by atoms with E-state index in [-0.39, 0.29) is 0 Å². The van der Waals surface area contributed by atoms with Gasteiger partial charge >= 0.3 is 0 Å². The molecule has 0 amide bonds. The molecular weight excluding hydrogens is 322 g/mol. The Morgan fingerprint density at radius 3 is 1.88 bits per heavy atom. The molecule has 3 aromatic rings. The molecule has 0 fully saturated rings. The number of thioether (sulfide) groups is 1. The molecule has 0 aliphatic heterocycles. The Hall–Kier alpha value is -2.76. The van der Waals surface area contributed by atoms with Gasteiger partial charge in [0.2, 0.25) is 0 Å². The van der Waals surface area contributed by atoms with E-state index in [0.29, 0.717) is 5.56 Å². The van der Waals surface area contributed by atoms with E-state index in [4.69, 9.17) is 5.26 Å². The normalized spacial score (nSPS) is 10.0. The quantitative estimate of drug-likeness (QED) is 0.519. The first-order chi connectivity index (χ1) is 12.4. The van der Waals surface area contributed by atoms with Gasteiger partial charge in [-0.3, -0.25) is 0 Å². The Bertz CT molecular complexity index is 818. The molecule has 0 spiro atoms. The molecule has 0 unspecified atom stereocenters. The van der Waals surface area contributed by atoms with Crippen molar-refractivity contribution in [2.45, 2.75) is 5.75 Å². The third-order valence-corrected chi connectivity index (χ3v) is 4.87. The van der Waals surface area contributed by atoms with E-state index >= 15 is 0 Å². The Kier molecular flexibility index (Phi) is 6.09. The zero-order valence-electron chi connectivity index (χ0n) is 13.9. The fourth-order valence-electron chi connectivity index (χ4n) is 2.63. The lowest BCUT2D eigenvalue weighted by atomic mass is 9.98. The molecule has 0 bridgehead atoms. The predicted octanol–water partition coefficient (Wildman–Crippen LogP) is 5.92. The lowest BCUT2D eigenvalue weighted by Crippen LogP contribution is -1.89. The minimum atomic E-state index is 0.712. The van der Waals surface area contributed by atoms with Crippen molar-refractivity contribution in [1.29, 1.82) is 5.26 Å². The van der Waals surface area contributed by atoms with Gasteiger partial charge < -0.3 is 0 Å². The maximum Gasteiger partial charge on any atom is 0.0991 e. The van der Waals surface area contributed by atoms with E-state index < -0.39 is 0 Å². The number of rotatable bonds is 6. The summed E-state index contributed by atoms with van der Waals surface area (Å²) < 4.78 is 0. The van der Waals surface area contributed by atoms with Crippen LogP contribution in [-0.4, -0.2) is 5.75 Å². The molecule has 3 aromatic carbocycles. The van der Waals surface area contributed by atoms with Crippen molar-refractivity contribution < 1.29 is 0 Å². The van der Waals surface area contributed by atoms with Crippen LogP contribution in [0.25, 0.3) is 5.57 Å². The Morgan fingerprint density at radius 2 is 1.36 bits per heavy atom. The molecule has 25 heavy (non-hydrogen) atoms. The van der Waals surface area contributed by atoms with Gasteiger partial charge in [-0.15, -0.1) is 0 Å². The zero-order chi connectivity index (χ0) is 17.3. The molecule has 0 aromatic heterocycles. The van der Waals surface area contributed by atoms with Gasteiger partial charge in [-0.1, -0.05) is 78.9 Å². The average molecular weight is 341 g/mol. The summed E-state index contributed by atoms with van der Waals surface area (Å²) in [5.41, 5.74) is 5.72. The molecule has 0 radical (unpaired) electrons. The summed E-state index contributed by atoms with van der Waals surface area (Å²) >= 11 is 1.88. The topological polar surface area (TPSA) is 23.8 Å². The molecule has 0 N–H and O–H groups in total. The van der Waals surface area contributed by atoms with Crippen LogP contribution >= 0.6 is 11.8 Å². The number of hydrogen-bond acceptors (Lipinski definition) is 2. The van der Waals surface area contributed by atoms with E-state index in [1.807, 2.05) is 48.2 Å². The minimum Gasteiger partial charge on any atom is -0.192 e. The van der Waals surface area contributed by atoms with E-state index in [0.717, 1.165) is 11.5 Å². The van der Waals surface area contributed by atoms with Crippen molar-refractivity contribution in [2.24, 2.45) is 0 Å². The van der Waals surface area contributed by atoms with Crippen LogP contribution in [0, 0.1) is 11.3 Å². The van der Waals surface area contributed by atoms with Gasteiger partial charge in [0.05, 0.1) is 11.6 Å². The Morgan fingerprint density at radius 1 is 0.800 bits per heavy atom. The van der Waals surface area contributed by atoms with Gasteiger partial charge in [0.15, 0.2) is 0 Å². The summed E-state index contributed by atoms with van der Waals surface area (Å²) in [6.45, 7) is 0. The molecule has 0 atom stereocenters. The molecule has 0 heterocycles. The summed E-state index contributed by atoms with van der Waals surface area (Å²) in [5, 5.41) is 8.86. The summed E-state index contributed by atoms with van der Waals surface area (Å²) in [6.07, 6.45) is 2.30. The van der Waals surface area contributed by atoms with Gasteiger partial charge in [-0.2, -0.15) is 17.0 Å². The first-order valence-corrected chi connectivity index (χ1v) is 9.40. The van der Waals surface area contributed by atoms with Crippen LogP contribution in [0.5, 0.6) is 0 Å². The number of benzene rings is 3. The van der Waals surface area contributed by atoms with Crippen LogP contribution in [0.1, 0.15) is 22.3 Å². The molecule has 0 saturated heterocycles. The lowest BCUT2D eigenvalue weighted by Gasteiger charge is -2.09. The van der Waals surface area contributed by atoms with Crippen LogP contribution in [0.2, 0.25) is 0 Å². The highest BCUT2D eigenvalue weighted by Gasteiger charge is 2.04. The largest absolute Gasteiger partial charge is 0.192 e. The van der Waals surface area contributed by atoms with Gasteiger partial charge in [-0.25, -0.2) is 0 Å². The van der Waals surface area contributed by atoms with E-state index in [1.165, 1.54) is 22.3 Å². The second kappa shape index (κ2) is 8.92. The fourth-order valence-corrected chi connectivity index (χ4v) is 3.46. The van der Waals surface area contributed by atoms with Gasteiger partial charge in [0, 0.05) is 11.5 Å². The Balaban J connectivity index is 1.70.